The molecule has 3 rings (SSSR count). The molecular formula is C21H13Cl2N3O4. The number of nitro benzene ring substituents is 1. The molecule has 9 heteroatoms. The largest absolute Gasteiger partial charge is 0.457 e. The summed E-state index contributed by atoms with van der Waals surface area (Å²) in [5.41, 5.74) is 0.704. The minimum Gasteiger partial charge on any atom is -0.457 e. The Bertz CT molecular complexity index is 1230. The number of furan rings is 1. The van der Waals surface area contributed by atoms with Gasteiger partial charge in [-0.3, -0.25) is 14.9 Å². The van der Waals surface area contributed by atoms with E-state index in [2.05, 4.69) is 5.32 Å². The molecule has 0 radical (unpaired) electrons. The van der Waals surface area contributed by atoms with Crippen LogP contribution in [-0.2, 0) is 4.79 Å². The maximum Gasteiger partial charge on any atom is 0.293 e. The maximum absolute atomic E-state index is 12.5. The molecule has 0 aliphatic rings. The zero-order chi connectivity index (χ0) is 21.8. The van der Waals surface area contributed by atoms with Gasteiger partial charge in [-0.1, -0.05) is 29.3 Å². The lowest BCUT2D eigenvalue weighted by atomic mass is 10.1. The standard InChI is InChI=1S/C21H13Cl2N3O4/c1-12-2-6-18(19(8-12)26(28)29)25-21(27)13(11-24)9-15-4-7-20(30-15)16-5-3-14(22)10-17(16)23/h2-10H,1H3,(H,25,27)/b13-9+. The van der Waals surface area contributed by atoms with Gasteiger partial charge in [-0.15, -0.1) is 0 Å². The van der Waals surface area contributed by atoms with Crippen molar-refractivity contribution in [3.05, 3.63) is 85.6 Å². The number of nitrogens with zero attached hydrogens (tertiary/aromatic N) is 2. The smallest absolute Gasteiger partial charge is 0.293 e. The number of amides is 1. The average molecular weight is 442 g/mol. The molecule has 3 aromatic rings. The lowest BCUT2D eigenvalue weighted by Crippen LogP contribution is -2.14. The number of anilines is 1. The van der Waals surface area contributed by atoms with Gasteiger partial charge in [0.2, 0.25) is 0 Å². The Kier molecular flexibility index (Phi) is 6.21. The molecule has 1 N–H and O–H groups in total. The molecule has 1 amide bonds. The number of nitro groups is 1. The van der Waals surface area contributed by atoms with Crippen LogP contribution in [0.25, 0.3) is 17.4 Å². The highest BCUT2D eigenvalue weighted by molar-refractivity contribution is 6.36. The summed E-state index contributed by atoms with van der Waals surface area (Å²) in [6.07, 6.45) is 1.24. The normalized spacial score (nSPS) is 11.1. The maximum atomic E-state index is 12.5. The monoisotopic (exact) mass is 441 g/mol. The highest BCUT2D eigenvalue weighted by Crippen LogP contribution is 2.32. The minimum atomic E-state index is -0.799. The Morgan fingerprint density at radius 2 is 1.97 bits per heavy atom. The van der Waals surface area contributed by atoms with Gasteiger partial charge in [-0.05, 0) is 48.9 Å². The molecule has 0 unspecified atom stereocenters. The lowest BCUT2D eigenvalue weighted by molar-refractivity contribution is -0.384. The average Bonchev–Trinajstić information content (AvgIpc) is 3.15. The van der Waals surface area contributed by atoms with Crippen molar-refractivity contribution in [2.24, 2.45) is 0 Å². The molecule has 2 aromatic carbocycles. The van der Waals surface area contributed by atoms with Crippen molar-refractivity contribution in [1.82, 2.24) is 0 Å². The van der Waals surface area contributed by atoms with E-state index < -0.39 is 10.8 Å². The SMILES string of the molecule is Cc1ccc(NC(=O)/C(C#N)=C/c2ccc(-c3ccc(Cl)cc3Cl)o2)c([N+](=O)[O-])c1. The summed E-state index contributed by atoms with van der Waals surface area (Å²) in [5, 5.41) is 23.8. The van der Waals surface area contributed by atoms with Crippen LogP contribution < -0.4 is 5.32 Å². The number of hydrogen-bond acceptors (Lipinski definition) is 5. The van der Waals surface area contributed by atoms with Crippen molar-refractivity contribution in [2.75, 3.05) is 5.32 Å². The summed E-state index contributed by atoms with van der Waals surface area (Å²) in [4.78, 5) is 23.1. The van der Waals surface area contributed by atoms with Crippen LogP contribution in [0, 0.1) is 28.4 Å². The Labute approximate surface area is 181 Å². The van der Waals surface area contributed by atoms with Crippen LogP contribution in [0.5, 0.6) is 0 Å². The van der Waals surface area contributed by atoms with Crippen LogP contribution in [0.2, 0.25) is 10.0 Å². The highest BCUT2D eigenvalue weighted by Gasteiger charge is 2.19. The van der Waals surface area contributed by atoms with Crippen molar-refractivity contribution in [2.45, 2.75) is 6.92 Å². The summed E-state index contributed by atoms with van der Waals surface area (Å²) < 4.78 is 5.66. The Balaban J connectivity index is 1.86. The van der Waals surface area contributed by atoms with Crippen molar-refractivity contribution in [3.8, 4) is 17.4 Å². The number of rotatable bonds is 5. The van der Waals surface area contributed by atoms with Crippen LogP contribution in [-0.4, -0.2) is 10.8 Å². The molecule has 7 nitrogen and oxygen atoms in total. The van der Waals surface area contributed by atoms with Crippen molar-refractivity contribution >= 4 is 46.6 Å². The first-order valence-electron chi connectivity index (χ1n) is 8.52. The van der Waals surface area contributed by atoms with Gasteiger partial charge in [-0.2, -0.15) is 5.26 Å². The van der Waals surface area contributed by atoms with E-state index >= 15 is 0 Å². The number of nitrogens with one attached hydrogen (secondary N) is 1. The molecule has 0 saturated carbocycles. The van der Waals surface area contributed by atoms with E-state index in [1.807, 2.05) is 0 Å². The molecule has 30 heavy (non-hydrogen) atoms. The van der Waals surface area contributed by atoms with Crippen LogP contribution in [0.4, 0.5) is 11.4 Å². The van der Waals surface area contributed by atoms with Gasteiger partial charge in [0.25, 0.3) is 11.6 Å². The predicted octanol–water partition coefficient (Wildman–Crippen LogP) is 6.02. The Morgan fingerprint density at radius 1 is 1.20 bits per heavy atom. The molecule has 1 heterocycles. The summed E-state index contributed by atoms with van der Waals surface area (Å²) in [7, 11) is 0. The highest BCUT2D eigenvalue weighted by atomic mass is 35.5. The molecule has 150 valence electrons. The number of hydrogen-bond donors (Lipinski definition) is 1. The van der Waals surface area contributed by atoms with Gasteiger partial charge in [0.1, 0.15) is 28.9 Å². The second kappa shape index (κ2) is 8.82. The fourth-order valence-corrected chi connectivity index (χ4v) is 3.15. The number of carbonyl (C=O) groups is 1. The van der Waals surface area contributed by atoms with E-state index in [0.717, 1.165) is 0 Å². The predicted molar refractivity (Wildman–Crippen MR) is 114 cm³/mol. The fraction of sp³-hybridized carbons (Fsp3) is 0.0476. The third-order valence-corrected chi connectivity index (χ3v) is 4.62. The van der Waals surface area contributed by atoms with E-state index in [4.69, 9.17) is 27.6 Å². The molecule has 0 saturated heterocycles. The van der Waals surface area contributed by atoms with Crippen molar-refractivity contribution in [3.63, 3.8) is 0 Å². The number of nitriles is 1. The second-order valence-corrected chi connectivity index (χ2v) is 7.07. The molecular weight excluding hydrogens is 429 g/mol. The van der Waals surface area contributed by atoms with Gasteiger partial charge in [0.05, 0.1) is 9.95 Å². The summed E-state index contributed by atoms with van der Waals surface area (Å²) in [6, 6.07) is 14.3. The van der Waals surface area contributed by atoms with Crippen LogP contribution >= 0.6 is 23.2 Å². The van der Waals surface area contributed by atoms with E-state index in [0.29, 0.717) is 26.9 Å². The van der Waals surface area contributed by atoms with Crippen LogP contribution in [0.1, 0.15) is 11.3 Å². The first-order chi connectivity index (χ1) is 14.3. The second-order valence-electron chi connectivity index (χ2n) is 6.23. The van der Waals surface area contributed by atoms with E-state index in [9.17, 15) is 20.2 Å². The third-order valence-electron chi connectivity index (χ3n) is 4.07. The molecule has 0 fully saturated rings. The number of benzene rings is 2. The van der Waals surface area contributed by atoms with E-state index in [-0.39, 0.29) is 22.7 Å². The van der Waals surface area contributed by atoms with E-state index in [1.165, 1.54) is 18.2 Å². The molecule has 0 bridgehead atoms. The molecule has 0 spiro atoms. The number of carbonyl (C=O) groups excluding carboxylic acids is 1. The first kappa shape index (κ1) is 21.1. The lowest BCUT2D eigenvalue weighted by Gasteiger charge is -2.06. The van der Waals surface area contributed by atoms with Gasteiger partial charge >= 0.3 is 0 Å². The van der Waals surface area contributed by atoms with Gasteiger partial charge in [-0.25, -0.2) is 0 Å². The van der Waals surface area contributed by atoms with Crippen molar-refractivity contribution < 1.29 is 14.1 Å². The van der Waals surface area contributed by atoms with Crippen molar-refractivity contribution in [1.29, 1.82) is 5.26 Å². The Hall–Kier alpha value is -3.60. The summed E-state index contributed by atoms with van der Waals surface area (Å²) in [5.74, 6) is -0.136. The van der Waals surface area contributed by atoms with Gasteiger partial charge < -0.3 is 9.73 Å². The summed E-state index contributed by atoms with van der Waals surface area (Å²) in [6.45, 7) is 1.70. The zero-order valence-corrected chi connectivity index (χ0v) is 17.0. The van der Waals surface area contributed by atoms with E-state index in [1.54, 1.807) is 49.4 Å². The molecule has 0 atom stereocenters. The third kappa shape index (κ3) is 4.69. The number of aryl methyl sites for hydroxylation is 1. The summed E-state index contributed by atoms with van der Waals surface area (Å²) >= 11 is 12.1. The molecule has 1 aromatic heterocycles. The fourth-order valence-electron chi connectivity index (χ4n) is 2.64. The first-order valence-corrected chi connectivity index (χ1v) is 9.27. The minimum absolute atomic E-state index is 0.00942. The Morgan fingerprint density at radius 3 is 2.63 bits per heavy atom. The molecule has 0 aliphatic carbocycles. The van der Waals surface area contributed by atoms with Gasteiger partial charge in [0, 0.05) is 22.7 Å². The van der Waals surface area contributed by atoms with Crippen LogP contribution in [0.15, 0.2) is 58.5 Å². The molecule has 0 aliphatic heterocycles. The van der Waals surface area contributed by atoms with Crippen LogP contribution in [0.3, 0.4) is 0 Å². The number of halogens is 2. The van der Waals surface area contributed by atoms with Gasteiger partial charge in [0.15, 0.2) is 0 Å². The zero-order valence-electron chi connectivity index (χ0n) is 15.5. The topological polar surface area (TPSA) is 109 Å². The quantitative estimate of drug-likeness (QED) is 0.225.